The zero-order valence-electron chi connectivity index (χ0n) is 18.0. The van der Waals surface area contributed by atoms with Crippen molar-refractivity contribution >= 4 is 16.6 Å². The second kappa shape index (κ2) is 8.00. The molecule has 5 rings (SSSR count). The lowest BCUT2D eigenvalue weighted by Crippen LogP contribution is -2.40. The standard InChI is InChI=1S/C26H26N4O/c1-29(2)15-8-16-30-17-28-26-24(25(30)27)22(19-10-4-3-5-11-19)23-20-12-7-6-9-18(20)13-14-21(23)31-26/h3-7,9-14,17,22,27H,8,15-16H2,1-2H3/p+1/t22-/m1/s1. The predicted octanol–water partition coefficient (Wildman–Crippen LogP) is 4.34. The number of benzene rings is 3. The van der Waals surface area contributed by atoms with Crippen molar-refractivity contribution in [3.63, 3.8) is 0 Å². The summed E-state index contributed by atoms with van der Waals surface area (Å²) < 4.78 is 8.36. The minimum atomic E-state index is -0.0418. The normalized spacial score (nSPS) is 14.9. The fourth-order valence-corrected chi connectivity index (χ4v) is 4.50. The highest BCUT2D eigenvalue weighted by Gasteiger charge is 2.37. The summed E-state index contributed by atoms with van der Waals surface area (Å²) in [5.41, 5.74) is 10.1. The molecule has 0 aliphatic carbocycles. The van der Waals surface area contributed by atoms with Crippen LogP contribution in [-0.4, -0.2) is 30.5 Å². The van der Waals surface area contributed by atoms with E-state index < -0.39 is 0 Å². The van der Waals surface area contributed by atoms with E-state index in [1.807, 2.05) is 12.1 Å². The third kappa shape index (κ3) is 3.51. The van der Waals surface area contributed by atoms with Crippen LogP contribution in [0.5, 0.6) is 11.6 Å². The van der Waals surface area contributed by atoms with Gasteiger partial charge >= 0.3 is 5.88 Å². The molecule has 31 heavy (non-hydrogen) atoms. The van der Waals surface area contributed by atoms with E-state index in [0.29, 0.717) is 5.88 Å². The molecule has 5 nitrogen and oxygen atoms in total. The van der Waals surface area contributed by atoms with Gasteiger partial charge in [0.05, 0.1) is 12.5 Å². The van der Waals surface area contributed by atoms with Crippen LogP contribution in [0.3, 0.4) is 0 Å². The lowest BCUT2D eigenvalue weighted by molar-refractivity contribution is -0.686. The number of aryl methyl sites for hydroxylation is 1. The molecule has 0 bridgehead atoms. The van der Waals surface area contributed by atoms with Gasteiger partial charge in [0.2, 0.25) is 12.1 Å². The molecule has 3 aromatic carbocycles. The Hall–Kier alpha value is -3.44. The van der Waals surface area contributed by atoms with Crippen molar-refractivity contribution in [2.45, 2.75) is 18.9 Å². The van der Waals surface area contributed by atoms with Gasteiger partial charge in [-0.25, -0.2) is 4.57 Å². The van der Waals surface area contributed by atoms with Gasteiger partial charge in [0, 0.05) is 12.1 Å². The number of fused-ring (bicyclic) bond motifs is 4. The van der Waals surface area contributed by atoms with E-state index >= 15 is 0 Å². The van der Waals surface area contributed by atoms with E-state index in [1.54, 1.807) is 6.33 Å². The predicted molar refractivity (Wildman–Crippen MR) is 123 cm³/mol. The zero-order chi connectivity index (χ0) is 21.4. The number of anilines is 1. The molecule has 4 aromatic rings. The highest BCUT2D eigenvalue weighted by Crippen LogP contribution is 2.50. The number of ether oxygens (including phenoxy) is 1. The summed E-state index contributed by atoms with van der Waals surface area (Å²) in [7, 11) is 4.17. The van der Waals surface area contributed by atoms with Crippen LogP contribution in [-0.2, 0) is 6.54 Å². The lowest BCUT2D eigenvalue weighted by Gasteiger charge is -2.28. The van der Waals surface area contributed by atoms with Gasteiger partial charge in [-0.05, 0) is 42.9 Å². The number of hydrogen-bond donors (Lipinski definition) is 1. The molecule has 0 saturated carbocycles. The van der Waals surface area contributed by atoms with Gasteiger partial charge in [0.25, 0.3) is 0 Å². The molecule has 5 heteroatoms. The number of nitrogens with two attached hydrogens (primary N) is 1. The number of hydrogen-bond acceptors (Lipinski definition) is 4. The van der Waals surface area contributed by atoms with Crippen molar-refractivity contribution in [1.29, 1.82) is 0 Å². The Kier molecular flexibility index (Phi) is 5.04. The Bertz CT molecular complexity index is 1240. The van der Waals surface area contributed by atoms with Crippen LogP contribution in [0.2, 0.25) is 0 Å². The number of aromatic nitrogens is 2. The molecule has 0 fully saturated rings. The third-order valence-electron chi connectivity index (χ3n) is 5.98. The Morgan fingerprint density at radius 2 is 1.74 bits per heavy atom. The van der Waals surface area contributed by atoms with Gasteiger partial charge in [-0.3, -0.25) is 0 Å². The average molecular weight is 412 g/mol. The maximum Gasteiger partial charge on any atom is 0.306 e. The first-order valence-corrected chi connectivity index (χ1v) is 10.7. The van der Waals surface area contributed by atoms with Gasteiger partial charge in [-0.15, -0.1) is 0 Å². The van der Waals surface area contributed by atoms with Gasteiger partial charge < -0.3 is 15.4 Å². The molecule has 0 spiro atoms. The summed E-state index contributed by atoms with van der Waals surface area (Å²) in [4.78, 5) is 6.86. The molecule has 0 saturated heterocycles. The quantitative estimate of drug-likeness (QED) is 0.437. The molecule has 2 heterocycles. The molecular weight excluding hydrogens is 384 g/mol. The smallest absolute Gasteiger partial charge is 0.306 e. The van der Waals surface area contributed by atoms with Crippen LogP contribution < -0.4 is 15.0 Å². The fraction of sp³-hybridized carbons (Fsp3) is 0.231. The van der Waals surface area contributed by atoms with Gasteiger partial charge in [0.1, 0.15) is 11.3 Å². The van der Waals surface area contributed by atoms with E-state index in [0.717, 1.165) is 42.2 Å². The van der Waals surface area contributed by atoms with E-state index in [1.165, 1.54) is 16.3 Å². The van der Waals surface area contributed by atoms with E-state index in [2.05, 4.69) is 83.1 Å². The molecule has 1 aliphatic rings. The number of nitrogen functional groups attached to an aromatic ring is 1. The molecule has 1 aromatic heterocycles. The monoisotopic (exact) mass is 411 g/mol. The maximum absolute atomic E-state index is 6.78. The SMILES string of the molecule is CN(C)CCC[n+]1cnc2c(c1N)[C@H](c1ccccc1)c1c(ccc3ccccc13)O2. The largest absolute Gasteiger partial charge is 0.426 e. The second-order valence-corrected chi connectivity index (χ2v) is 8.34. The summed E-state index contributed by atoms with van der Waals surface area (Å²) >= 11 is 0. The van der Waals surface area contributed by atoms with Crippen LogP contribution in [0.25, 0.3) is 10.8 Å². The number of rotatable bonds is 5. The van der Waals surface area contributed by atoms with Crippen LogP contribution in [0.4, 0.5) is 5.82 Å². The lowest BCUT2D eigenvalue weighted by atomic mass is 9.81. The molecule has 156 valence electrons. The average Bonchev–Trinajstić information content (AvgIpc) is 2.79. The number of nitrogens with zero attached hydrogens (tertiary/aromatic N) is 3. The van der Waals surface area contributed by atoms with Crippen molar-refractivity contribution in [1.82, 2.24) is 9.88 Å². The fourth-order valence-electron chi connectivity index (χ4n) is 4.50. The first-order chi connectivity index (χ1) is 15.1. The van der Waals surface area contributed by atoms with E-state index in [-0.39, 0.29) is 5.92 Å². The maximum atomic E-state index is 6.78. The van der Waals surface area contributed by atoms with Crippen molar-refractivity contribution < 1.29 is 9.30 Å². The van der Waals surface area contributed by atoms with Gasteiger partial charge in [0.15, 0.2) is 0 Å². The van der Waals surface area contributed by atoms with Crippen LogP contribution in [0.15, 0.2) is 73.1 Å². The molecular formula is C26H27N4O+. The summed E-state index contributed by atoms with van der Waals surface area (Å²) in [5, 5.41) is 2.37. The summed E-state index contributed by atoms with van der Waals surface area (Å²) in [6.07, 6.45) is 2.80. The third-order valence-corrected chi connectivity index (χ3v) is 5.98. The van der Waals surface area contributed by atoms with Crippen molar-refractivity contribution in [3.8, 4) is 11.6 Å². The zero-order valence-corrected chi connectivity index (χ0v) is 18.0. The molecule has 0 amide bonds. The van der Waals surface area contributed by atoms with Crippen LogP contribution in [0.1, 0.15) is 29.0 Å². The first-order valence-electron chi connectivity index (χ1n) is 10.7. The highest BCUT2D eigenvalue weighted by molar-refractivity contribution is 5.90. The van der Waals surface area contributed by atoms with Crippen LogP contribution >= 0.6 is 0 Å². The van der Waals surface area contributed by atoms with Gasteiger partial charge in [-0.2, -0.15) is 0 Å². The van der Waals surface area contributed by atoms with Crippen molar-refractivity contribution in [2.75, 3.05) is 26.4 Å². The molecule has 2 N–H and O–H groups in total. The van der Waals surface area contributed by atoms with E-state index in [4.69, 9.17) is 10.5 Å². The highest BCUT2D eigenvalue weighted by atomic mass is 16.5. The minimum Gasteiger partial charge on any atom is -0.426 e. The molecule has 1 aliphatic heterocycles. The first kappa shape index (κ1) is 19.5. The Morgan fingerprint density at radius 3 is 2.55 bits per heavy atom. The Morgan fingerprint density at radius 1 is 0.968 bits per heavy atom. The second-order valence-electron chi connectivity index (χ2n) is 8.34. The summed E-state index contributed by atoms with van der Waals surface area (Å²) in [6, 6.07) is 23.1. The minimum absolute atomic E-state index is 0.0418. The summed E-state index contributed by atoms with van der Waals surface area (Å²) in [6.45, 7) is 1.81. The topological polar surface area (TPSA) is 55.3 Å². The Balaban J connectivity index is 1.71. The molecule has 0 unspecified atom stereocenters. The van der Waals surface area contributed by atoms with Crippen LogP contribution in [0, 0.1) is 0 Å². The van der Waals surface area contributed by atoms with E-state index in [9.17, 15) is 0 Å². The Labute approximate surface area is 182 Å². The molecule has 1 atom stereocenters. The van der Waals surface area contributed by atoms with Gasteiger partial charge in [-0.1, -0.05) is 65.6 Å². The summed E-state index contributed by atoms with van der Waals surface area (Å²) in [5.74, 6) is 2.12. The van der Waals surface area contributed by atoms with Crippen molar-refractivity contribution in [2.24, 2.45) is 0 Å². The molecule has 0 radical (unpaired) electrons. The van der Waals surface area contributed by atoms with Crippen molar-refractivity contribution in [3.05, 3.63) is 89.7 Å².